The lowest BCUT2D eigenvalue weighted by Crippen LogP contribution is -2.38. The molecule has 0 radical (unpaired) electrons. The van der Waals surface area contributed by atoms with Crippen molar-refractivity contribution in [2.45, 2.75) is 38.4 Å². The van der Waals surface area contributed by atoms with Gasteiger partial charge in [0.05, 0.1) is 6.10 Å². The number of amides is 1. The van der Waals surface area contributed by atoms with E-state index in [1.54, 1.807) is 12.0 Å². The number of aliphatic hydroxyl groups is 1. The van der Waals surface area contributed by atoms with Crippen LogP contribution < -0.4 is 0 Å². The number of nitrogens with zero attached hydrogens (tertiary/aromatic N) is 1. The van der Waals surface area contributed by atoms with Crippen molar-refractivity contribution in [3.8, 4) is 0 Å². The molecule has 1 unspecified atom stereocenters. The third-order valence-electron chi connectivity index (χ3n) is 2.68. The molecule has 0 aromatic carbocycles. The van der Waals surface area contributed by atoms with Crippen LogP contribution in [0.3, 0.4) is 0 Å². The Hall–Kier alpha value is -0.610. The van der Waals surface area contributed by atoms with E-state index in [1.807, 2.05) is 0 Å². The number of likely N-dealkylation sites (tertiary alicyclic amines) is 1. The minimum absolute atomic E-state index is 0.165. The summed E-state index contributed by atoms with van der Waals surface area (Å²) in [7, 11) is 1.71. The summed E-state index contributed by atoms with van der Waals surface area (Å²) in [6.45, 7) is 2.95. The number of carbonyl (C=O) groups excluding carboxylic acids is 1. The van der Waals surface area contributed by atoms with Gasteiger partial charge in [0.1, 0.15) is 6.10 Å². The zero-order valence-corrected chi connectivity index (χ0v) is 8.90. The van der Waals surface area contributed by atoms with E-state index in [4.69, 9.17) is 9.84 Å². The standard InChI is InChI=1S/C10H19NO3/c1-8(12)10(13)11-6-3-4-9(14-2)5-7-11/h8-9,12H,3-7H2,1-2H3/t8-,9?/m0/s1. The maximum Gasteiger partial charge on any atom is 0.251 e. The Morgan fingerprint density at radius 3 is 2.79 bits per heavy atom. The van der Waals surface area contributed by atoms with Crippen molar-refractivity contribution < 1.29 is 14.6 Å². The molecule has 0 aliphatic carbocycles. The molecule has 4 heteroatoms. The van der Waals surface area contributed by atoms with Crippen LogP contribution in [0.1, 0.15) is 26.2 Å². The van der Waals surface area contributed by atoms with Crippen LogP contribution in [0, 0.1) is 0 Å². The molecule has 1 heterocycles. The van der Waals surface area contributed by atoms with Crippen LogP contribution in [0.4, 0.5) is 0 Å². The van der Waals surface area contributed by atoms with Gasteiger partial charge in [-0.2, -0.15) is 0 Å². The molecule has 0 spiro atoms. The van der Waals surface area contributed by atoms with Gasteiger partial charge in [-0.3, -0.25) is 4.79 Å². The van der Waals surface area contributed by atoms with Gasteiger partial charge in [0.25, 0.3) is 5.91 Å². The third kappa shape index (κ3) is 2.96. The van der Waals surface area contributed by atoms with Crippen molar-refractivity contribution >= 4 is 5.91 Å². The zero-order valence-electron chi connectivity index (χ0n) is 8.90. The maximum atomic E-state index is 11.5. The molecule has 0 aromatic rings. The summed E-state index contributed by atoms with van der Waals surface area (Å²) in [5.41, 5.74) is 0. The van der Waals surface area contributed by atoms with Gasteiger partial charge in [0, 0.05) is 20.2 Å². The Bertz CT molecular complexity index is 194. The molecule has 82 valence electrons. The fourth-order valence-electron chi connectivity index (χ4n) is 1.79. The van der Waals surface area contributed by atoms with Gasteiger partial charge in [-0.05, 0) is 26.2 Å². The number of carbonyl (C=O) groups is 1. The van der Waals surface area contributed by atoms with Gasteiger partial charge in [-0.25, -0.2) is 0 Å². The van der Waals surface area contributed by atoms with Crippen LogP contribution in [-0.2, 0) is 9.53 Å². The topological polar surface area (TPSA) is 49.8 Å². The molecule has 1 aliphatic heterocycles. The predicted octanol–water partition coefficient (Wildman–Crippen LogP) is 0.395. The number of rotatable bonds is 2. The molecular weight excluding hydrogens is 182 g/mol. The Labute approximate surface area is 84.8 Å². The molecule has 1 saturated heterocycles. The smallest absolute Gasteiger partial charge is 0.251 e. The van der Waals surface area contributed by atoms with E-state index in [-0.39, 0.29) is 12.0 Å². The number of hydrogen-bond acceptors (Lipinski definition) is 3. The number of ether oxygens (including phenoxy) is 1. The lowest BCUT2D eigenvalue weighted by atomic mass is 10.2. The summed E-state index contributed by atoms with van der Waals surface area (Å²) in [5.74, 6) is -0.165. The Kier molecular flexibility index (Phi) is 4.35. The normalized spacial score (nSPS) is 25.6. The largest absolute Gasteiger partial charge is 0.384 e. The first-order valence-corrected chi connectivity index (χ1v) is 5.14. The van der Waals surface area contributed by atoms with Crippen molar-refractivity contribution in [1.82, 2.24) is 4.90 Å². The quantitative estimate of drug-likeness (QED) is 0.703. The predicted molar refractivity (Wildman–Crippen MR) is 52.9 cm³/mol. The minimum atomic E-state index is -0.880. The minimum Gasteiger partial charge on any atom is -0.384 e. The Balaban J connectivity index is 2.45. The third-order valence-corrected chi connectivity index (χ3v) is 2.68. The van der Waals surface area contributed by atoms with Crippen molar-refractivity contribution in [3.63, 3.8) is 0 Å². The summed E-state index contributed by atoms with van der Waals surface area (Å²) in [4.78, 5) is 13.2. The summed E-state index contributed by atoms with van der Waals surface area (Å²) >= 11 is 0. The van der Waals surface area contributed by atoms with E-state index in [0.29, 0.717) is 6.54 Å². The highest BCUT2D eigenvalue weighted by atomic mass is 16.5. The molecule has 14 heavy (non-hydrogen) atoms. The molecule has 1 amide bonds. The van der Waals surface area contributed by atoms with E-state index in [0.717, 1.165) is 25.8 Å². The van der Waals surface area contributed by atoms with E-state index < -0.39 is 6.10 Å². The molecule has 1 aliphatic rings. The van der Waals surface area contributed by atoms with Gasteiger partial charge in [-0.15, -0.1) is 0 Å². The Morgan fingerprint density at radius 2 is 2.21 bits per heavy atom. The fourth-order valence-corrected chi connectivity index (χ4v) is 1.79. The van der Waals surface area contributed by atoms with Crippen LogP contribution in [-0.4, -0.2) is 48.3 Å². The molecule has 1 rings (SSSR count). The molecule has 1 N–H and O–H groups in total. The SMILES string of the molecule is COC1CCCN(C(=O)[C@H](C)O)CC1. The van der Waals surface area contributed by atoms with Gasteiger partial charge in [0.2, 0.25) is 0 Å². The summed E-state index contributed by atoms with van der Waals surface area (Å²) in [5, 5.41) is 9.17. The van der Waals surface area contributed by atoms with Crippen LogP contribution in [0.5, 0.6) is 0 Å². The lowest BCUT2D eigenvalue weighted by molar-refractivity contribution is -0.139. The van der Waals surface area contributed by atoms with E-state index >= 15 is 0 Å². The van der Waals surface area contributed by atoms with Crippen LogP contribution in [0.2, 0.25) is 0 Å². The first kappa shape index (κ1) is 11.5. The molecular formula is C10H19NO3. The van der Waals surface area contributed by atoms with Gasteiger partial charge in [-0.1, -0.05) is 0 Å². The van der Waals surface area contributed by atoms with Crippen molar-refractivity contribution in [3.05, 3.63) is 0 Å². The van der Waals surface area contributed by atoms with Crippen LogP contribution in [0.25, 0.3) is 0 Å². The second-order valence-electron chi connectivity index (χ2n) is 3.79. The molecule has 0 aromatic heterocycles. The molecule has 4 nitrogen and oxygen atoms in total. The summed E-state index contributed by atoms with van der Waals surface area (Å²) in [6.07, 6.45) is 2.21. The maximum absolute atomic E-state index is 11.5. The van der Waals surface area contributed by atoms with E-state index in [9.17, 15) is 4.79 Å². The van der Waals surface area contributed by atoms with Gasteiger partial charge < -0.3 is 14.7 Å². The highest BCUT2D eigenvalue weighted by Gasteiger charge is 2.22. The van der Waals surface area contributed by atoms with Crippen LogP contribution in [0.15, 0.2) is 0 Å². The summed E-state index contributed by atoms with van der Waals surface area (Å²) in [6, 6.07) is 0. The molecule has 0 bridgehead atoms. The zero-order chi connectivity index (χ0) is 10.6. The first-order valence-electron chi connectivity index (χ1n) is 5.14. The highest BCUT2D eigenvalue weighted by Crippen LogP contribution is 2.14. The fraction of sp³-hybridized carbons (Fsp3) is 0.900. The molecule has 2 atom stereocenters. The average molecular weight is 201 g/mol. The lowest BCUT2D eigenvalue weighted by Gasteiger charge is -2.21. The first-order chi connectivity index (χ1) is 6.65. The number of hydrogen-bond donors (Lipinski definition) is 1. The number of methoxy groups -OCH3 is 1. The van der Waals surface area contributed by atoms with Gasteiger partial charge >= 0.3 is 0 Å². The van der Waals surface area contributed by atoms with Gasteiger partial charge in [0.15, 0.2) is 0 Å². The summed E-state index contributed by atoms with van der Waals surface area (Å²) < 4.78 is 5.26. The second kappa shape index (κ2) is 5.32. The average Bonchev–Trinajstić information content (AvgIpc) is 2.41. The van der Waals surface area contributed by atoms with E-state index in [1.165, 1.54) is 6.92 Å². The molecule has 0 saturated carbocycles. The molecule has 1 fully saturated rings. The number of aliphatic hydroxyl groups excluding tert-OH is 1. The Morgan fingerprint density at radius 1 is 1.50 bits per heavy atom. The van der Waals surface area contributed by atoms with Crippen molar-refractivity contribution in [2.24, 2.45) is 0 Å². The monoisotopic (exact) mass is 201 g/mol. The highest BCUT2D eigenvalue weighted by molar-refractivity contribution is 5.80. The van der Waals surface area contributed by atoms with E-state index in [2.05, 4.69) is 0 Å². The van der Waals surface area contributed by atoms with Crippen molar-refractivity contribution in [1.29, 1.82) is 0 Å². The second-order valence-corrected chi connectivity index (χ2v) is 3.79. The van der Waals surface area contributed by atoms with Crippen LogP contribution >= 0.6 is 0 Å². The van der Waals surface area contributed by atoms with Crippen molar-refractivity contribution in [2.75, 3.05) is 20.2 Å².